The molecule has 0 atom stereocenters. The molecule has 0 saturated carbocycles. The van der Waals surface area contributed by atoms with Crippen LogP contribution in [0.5, 0.6) is 5.88 Å². The first-order chi connectivity index (χ1) is 10.1. The lowest BCUT2D eigenvalue weighted by Gasteiger charge is -2.27. The molecule has 110 valence electrons. The van der Waals surface area contributed by atoms with Crippen LogP contribution in [0.25, 0.3) is 10.9 Å². The number of aromatic hydroxyl groups is 1. The number of fused-ring (bicyclic) bond motifs is 1. The Labute approximate surface area is 123 Å². The van der Waals surface area contributed by atoms with E-state index in [4.69, 9.17) is 0 Å². The third-order valence-electron chi connectivity index (χ3n) is 3.93. The van der Waals surface area contributed by atoms with E-state index in [1.54, 1.807) is 0 Å². The Morgan fingerprint density at radius 2 is 1.90 bits per heavy atom. The fourth-order valence-electron chi connectivity index (χ4n) is 2.85. The first-order valence-electron chi connectivity index (χ1n) is 7.33. The van der Waals surface area contributed by atoms with E-state index in [1.165, 1.54) is 13.3 Å². The van der Waals surface area contributed by atoms with Crippen LogP contribution in [0.4, 0.5) is 5.95 Å². The zero-order valence-corrected chi connectivity index (χ0v) is 12.4. The zero-order chi connectivity index (χ0) is 15.0. The Kier molecular flexibility index (Phi) is 3.49. The summed E-state index contributed by atoms with van der Waals surface area (Å²) in [5.74, 6) is 0.421. The Morgan fingerprint density at radius 1 is 1.19 bits per heavy atom. The van der Waals surface area contributed by atoms with Gasteiger partial charge >= 0.3 is 0 Å². The summed E-state index contributed by atoms with van der Waals surface area (Å²) in [6.07, 6.45) is 3.43. The third kappa shape index (κ3) is 2.55. The van der Waals surface area contributed by atoms with Gasteiger partial charge in [-0.25, -0.2) is 4.98 Å². The maximum atomic E-state index is 11.9. The summed E-state index contributed by atoms with van der Waals surface area (Å²) in [6, 6.07) is 3.63. The van der Waals surface area contributed by atoms with Gasteiger partial charge in [0.25, 0.3) is 0 Å². The number of anilines is 1. The Hall–Kier alpha value is -2.17. The van der Waals surface area contributed by atoms with Gasteiger partial charge < -0.3 is 10.0 Å². The van der Waals surface area contributed by atoms with E-state index in [-0.39, 0.29) is 11.7 Å². The normalized spacial score (nSPS) is 15.4. The highest BCUT2D eigenvalue weighted by Crippen LogP contribution is 2.29. The monoisotopic (exact) mass is 285 g/mol. The predicted octanol–water partition coefficient (Wildman–Crippen LogP) is 2.84. The van der Waals surface area contributed by atoms with E-state index in [0.29, 0.717) is 22.4 Å². The number of ketones is 1. The van der Waals surface area contributed by atoms with Crippen LogP contribution in [0.3, 0.4) is 0 Å². The van der Waals surface area contributed by atoms with Crippen LogP contribution in [0.1, 0.15) is 42.1 Å². The van der Waals surface area contributed by atoms with Crippen molar-refractivity contribution >= 4 is 22.6 Å². The van der Waals surface area contributed by atoms with E-state index in [0.717, 1.165) is 31.5 Å². The summed E-state index contributed by atoms with van der Waals surface area (Å²) in [7, 11) is 0. The van der Waals surface area contributed by atoms with Crippen molar-refractivity contribution in [3.05, 3.63) is 23.3 Å². The second-order valence-electron chi connectivity index (χ2n) is 5.66. The van der Waals surface area contributed by atoms with Gasteiger partial charge in [0.2, 0.25) is 11.8 Å². The van der Waals surface area contributed by atoms with Crippen molar-refractivity contribution in [3.8, 4) is 5.88 Å². The molecule has 0 unspecified atom stereocenters. The molecule has 0 spiro atoms. The molecule has 5 nitrogen and oxygen atoms in total. The van der Waals surface area contributed by atoms with Crippen LogP contribution in [-0.2, 0) is 0 Å². The molecule has 1 aromatic heterocycles. The third-order valence-corrected chi connectivity index (χ3v) is 3.93. The number of Topliss-reactive ketones (excluding diaryl/α,β-unsaturated/α-hetero) is 1. The second-order valence-corrected chi connectivity index (χ2v) is 5.66. The second kappa shape index (κ2) is 5.31. The SMILES string of the molecule is CC(=O)c1cc(C)cc2c(O)nc(N3CCCCC3)nc12. The minimum atomic E-state index is -0.0496. The first kappa shape index (κ1) is 13.8. The van der Waals surface area contributed by atoms with Gasteiger partial charge in [-0.2, -0.15) is 4.98 Å². The number of carbonyl (C=O) groups is 1. The standard InChI is InChI=1S/C16H19N3O2/c1-10-8-12(11(2)20)14-13(9-10)15(21)18-16(17-14)19-6-4-3-5-7-19/h8-9H,3-7H2,1-2H3,(H,17,18,21). The number of nitrogens with zero attached hydrogens (tertiary/aromatic N) is 3. The van der Waals surface area contributed by atoms with Crippen molar-refractivity contribution in [3.63, 3.8) is 0 Å². The number of hydrogen-bond donors (Lipinski definition) is 1. The van der Waals surface area contributed by atoms with Crippen LogP contribution in [0.15, 0.2) is 12.1 Å². The highest BCUT2D eigenvalue weighted by atomic mass is 16.3. The maximum absolute atomic E-state index is 11.9. The van der Waals surface area contributed by atoms with Crippen LogP contribution in [0, 0.1) is 6.92 Å². The molecule has 1 saturated heterocycles. The lowest BCUT2D eigenvalue weighted by Crippen LogP contribution is -2.31. The zero-order valence-electron chi connectivity index (χ0n) is 12.4. The molecule has 3 rings (SSSR count). The molecule has 0 radical (unpaired) electrons. The van der Waals surface area contributed by atoms with Gasteiger partial charge in [-0.05, 0) is 50.8 Å². The average Bonchev–Trinajstić information content (AvgIpc) is 2.48. The largest absolute Gasteiger partial charge is 0.493 e. The molecular formula is C16H19N3O2. The minimum Gasteiger partial charge on any atom is -0.493 e. The Morgan fingerprint density at radius 3 is 2.57 bits per heavy atom. The van der Waals surface area contributed by atoms with Crippen molar-refractivity contribution in [1.29, 1.82) is 0 Å². The van der Waals surface area contributed by atoms with Crippen molar-refractivity contribution < 1.29 is 9.90 Å². The molecule has 0 amide bonds. The molecule has 2 aromatic rings. The molecule has 1 aliphatic rings. The topological polar surface area (TPSA) is 66.3 Å². The number of aryl methyl sites for hydroxylation is 1. The fraction of sp³-hybridized carbons (Fsp3) is 0.438. The lowest BCUT2D eigenvalue weighted by atomic mass is 10.0. The number of rotatable bonds is 2. The van der Waals surface area contributed by atoms with Crippen LogP contribution < -0.4 is 4.90 Å². The molecule has 1 aromatic carbocycles. The van der Waals surface area contributed by atoms with Crippen LogP contribution in [0.2, 0.25) is 0 Å². The Balaban J connectivity index is 2.19. The molecule has 21 heavy (non-hydrogen) atoms. The average molecular weight is 285 g/mol. The predicted molar refractivity (Wildman–Crippen MR) is 82.0 cm³/mol. The fourth-order valence-corrected chi connectivity index (χ4v) is 2.85. The summed E-state index contributed by atoms with van der Waals surface area (Å²) in [5, 5.41) is 10.8. The van der Waals surface area contributed by atoms with Gasteiger partial charge in [-0.1, -0.05) is 0 Å². The maximum Gasteiger partial charge on any atom is 0.229 e. The van der Waals surface area contributed by atoms with E-state index in [2.05, 4.69) is 14.9 Å². The van der Waals surface area contributed by atoms with Crippen molar-refractivity contribution in [2.75, 3.05) is 18.0 Å². The van der Waals surface area contributed by atoms with E-state index < -0.39 is 0 Å². The highest BCUT2D eigenvalue weighted by Gasteiger charge is 2.18. The Bertz CT molecular complexity index is 706. The molecule has 1 aliphatic heterocycles. The summed E-state index contributed by atoms with van der Waals surface area (Å²) in [5.41, 5.74) is 2.00. The van der Waals surface area contributed by atoms with Gasteiger partial charge in [-0.15, -0.1) is 0 Å². The molecule has 2 heterocycles. The molecule has 1 N–H and O–H groups in total. The van der Waals surface area contributed by atoms with Crippen LogP contribution >= 0.6 is 0 Å². The summed E-state index contributed by atoms with van der Waals surface area (Å²) in [6.45, 7) is 5.20. The number of hydrogen-bond acceptors (Lipinski definition) is 5. The summed E-state index contributed by atoms with van der Waals surface area (Å²) in [4.78, 5) is 22.7. The molecule has 0 aliphatic carbocycles. The van der Waals surface area contributed by atoms with E-state index in [1.807, 2.05) is 19.1 Å². The summed E-state index contributed by atoms with van der Waals surface area (Å²) < 4.78 is 0. The summed E-state index contributed by atoms with van der Waals surface area (Å²) >= 11 is 0. The molecule has 5 heteroatoms. The molecule has 1 fully saturated rings. The van der Waals surface area contributed by atoms with Gasteiger partial charge in [0.15, 0.2) is 5.78 Å². The number of benzene rings is 1. The quantitative estimate of drug-likeness (QED) is 0.859. The van der Waals surface area contributed by atoms with Crippen LogP contribution in [-0.4, -0.2) is 33.9 Å². The smallest absolute Gasteiger partial charge is 0.229 e. The van der Waals surface area contributed by atoms with Crippen molar-refractivity contribution in [2.24, 2.45) is 0 Å². The molecule has 0 bridgehead atoms. The lowest BCUT2D eigenvalue weighted by molar-refractivity contribution is 0.101. The number of aromatic nitrogens is 2. The minimum absolute atomic E-state index is 0.0493. The van der Waals surface area contributed by atoms with E-state index in [9.17, 15) is 9.90 Å². The first-order valence-corrected chi connectivity index (χ1v) is 7.33. The molecular weight excluding hydrogens is 266 g/mol. The van der Waals surface area contributed by atoms with Gasteiger partial charge in [0, 0.05) is 18.7 Å². The van der Waals surface area contributed by atoms with Gasteiger partial charge in [-0.3, -0.25) is 4.79 Å². The van der Waals surface area contributed by atoms with Gasteiger partial charge in [0.05, 0.1) is 10.9 Å². The van der Waals surface area contributed by atoms with Crippen molar-refractivity contribution in [2.45, 2.75) is 33.1 Å². The van der Waals surface area contributed by atoms with Gasteiger partial charge in [0.1, 0.15) is 0 Å². The number of carbonyl (C=O) groups excluding carboxylic acids is 1. The number of piperidine rings is 1. The van der Waals surface area contributed by atoms with Crippen molar-refractivity contribution in [1.82, 2.24) is 9.97 Å². The highest BCUT2D eigenvalue weighted by molar-refractivity contribution is 6.07. The van der Waals surface area contributed by atoms with E-state index >= 15 is 0 Å².